The highest BCUT2D eigenvalue weighted by molar-refractivity contribution is 6.01. The summed E-state index contributed by atoms with van der Waals surface area (Å²) in [7, 11) is 0. The summed E-state index contributed by atoms with van der Waals surface area (Å²) in [6, 6.07) is 16.4. The standard InChI is InChI=1S/C16H16N2O/c1-12-6-8-13(9-7-12)10-18-11-16(19)17-14-4-2-3-5-15(14)18/h2-9H,10-11H2,1H3,(H,17,19). The minimum Gasteiger partial charge on any atom is -0.356 e. The van der Waals surface area contributed by atoms with Crippen LogP contribution in [0.4, 0.5) is 11.4 Å². The van der Waals surface area contributed by atoms with E-state index >= 15 is 0 Å². The predicted octanol–water partition coefficient (Wildman–Crippen LogP) is 2.95. The van der Waals surface area contributed by atoms with Crippen molar-refractivity contribution < 1.29 is 4.79 Å². The molecule has 0 atom stereocenters. The van der Waals surface area contributed by atoms with E-state index in [1.165, 1.54) is 11.1 Å². The lowest BCUT2D eigenvalue weighted by Gasteiger charge is -2.30. The van der Waals surface area contributed by atoms with Gasteiger partial charge in [0, 0.05) is 6.54 Å². The number of nitrogens with zero attached hydrogens (tertiary/aromatic N) is 1. The monoisotopic (exact) mass is 252 g/mol. The molecule has 0 saturated heterocycles. The highest BCUT2D eigenvalue weighted by atomic mass is 16.2. The second-order valence-electron chi connectivity index (χ2n) is 4.91. The molecule has 1 heterocycles. The van der Waals surface area contributed by atoms with Crippen molar-refractivity contribution in [2.75, 3.05) is 16.8 Å². The lowest BCUT2D eigenvalue weighted by molar-refractivity contribution is -0.115. The molecule has 19 heavy (non-hydrogen) atoms. The first kappa shape index (κ1) is 11.8. The Kier molecular flexibility index (Phi) is 2.95. The molecule has 2 aromatic rings. The van der Waals surface area contributed by atoms with E-state index in [2.05, 4.69) is 41.4 Å². The SMILES string of the molecule is Cc1ccc(CN2CC(=O)Nc3ccccc32)cc1. The van der Waals surface area contributed by atoms with Gasteiger partial charge in [-0.25, -0.2) is 0 Å². The first-order valence-corrected chi connectivity index (χ1v) is 6.42. The average Bonchev–Trinajstić information content (AvgIpc) is 2.41. The van der Waals surface area contributed by atoms with Crippen LogP contribution in [0.3, 0.4) is 0 Å². The topological polar surface area (TPSA) is 32.3 Å². The maximum atomic E-state index is 11.7. The number of nitrogens with one attached hydrogen (secondary N) is 1. The fraction of sp³-hybridized carbons (Fsp3) is 0.188. The van der Waals surface area contributed by atoms with Crippen molar-refractivity contribution in [3.05, 3.63) is 59.7 Å². The third-order valence-corrected chi connectivity index (χ3v) is 3.35. The highest BCUT2D eigenvalue weighted by Gasteiger charge is 2.21. The molecule has 1 N–H and O–H groups in total. The molecular weight excluding hydrogens is 236 g/mol. The Morgan fingerprint density at radius 1 is 1.11 bits per heavy atom. The molecule has 0 aliphatic carbocycles. The van der Waals surface area contributed by atoms with Gasteiger partial charge >= 0.3 is 0 Å². The zero-order valence-corrected chi connectivity index (χ0v) is 10.9. The number of rotatable bonds is 2. The number of hydrogen-bond acceptors (Lipinski definition) is 2. The zero-order valence-electron chi connectivity index (χ0n) is 10.9. The molecule has 0 spiro atoms. The van der Waals surface area contributed by atoms with Gasteiger partial charge in [-0.15, -0.1) is 0 Å². The second kappa shape index (κ2) is 4.76. The molecule has 1 amide bonds. The summed E-state index contributed by atoms with van der Waals surface area (Å²) in [5.74, 6) is 0.0470. The number of benzene rings is 2. The first-order valence-electron chi connectivity index (χ1n) is 6.42. The van der Waals surface area contributed by atoms with Crippen LogP contribution in [-0.2, 0) is 11.3 Å². The van der Waals surface area contributed by atoms with Crippen LogP contribution in [0.2, 0.25) is 0 Å². The Hall–Kier alpha value is -2.29. The maximum Gasteiger partial charge on any atom is 0.243 e. The fourth-order valence-electron chi connectivity index (χ4n) is 2.36. The Bertz CT molecular complexity index is 604. The van der Waals surface area contributed by atoms with E-state index < -0.39 is 0 Å². The number of carbonyl (C=O) groups is 1. The Balaban J connectivity index is 1.89. The van der Waals surface area contributed by atoms with Gasteiger partial charge in [0.05, 0.1) is 17.9 Å². The number of para-hydroxylation sites is 2. The van der Waals surface area contributed by atoms with Crippen molar-refractivity contribution in [2.24, 2.45) is 0 Å². The largest absolute Gasteiger partial charge is 0.356 e. The van der Waals surface area contributed by atoms with Crippen molar-refractivity contribution in [1.82, 2.24) is 0 Å². The number of hydrogen-bond donors (Lipinski definition) is 1. The van der Waals surface area contributed by atoms with Gasteiger partial charge in [-0.2, -0.15) is 0 Å². The number of fused-ring (bicyclic) bond motifs is 1. The summed E-state index contributed by atoms with van der Waals surface area (Å²) in [5.41, 5.74) is 4.45. The first-order chi connectivity index (χ1) is 9.22. The lowest BCUT2D eigenvalue weighted by Crippen LogP contribution is -2.37. The Morgan fingerprint density at radius 2 is 1.84 bits per heavy atom. The molecule has 0 aromatic heterocycles. The van der Waals surface area contributed by atoms with Crippen LogP contribution in [0.15, 0.2) is 48.5 Å². The summed E-state index contributed by atoms with van der Waals surface area (Å²) in [5, 5.41) is 2.90. The minimum atomic E-state index is 0.0470. The molecule has 2 aromatic carbocycles. The van der Waals surface area contributed by atoms with Gasteiger partial charge in [-0.3, -0.25) is 4.79 Å². The molecule has 0 fully saturated rings. The molecule has 0 radical (unpaired) electrons. The summed E-state index contributed by atoms with van der Waals surface area (Å²) in [4.78, 5) is 13.8. The van der Waals surface area contributed by atoms with Crippen LogP contribution in [0.1, 0.15) is 11.1 Å². The molecule has 96 valence electrons. The van der Waals surface area contributed by atoms with E-state index in [4.69, 9.17) is 0 Å². The summed E-state index contributed by atoms with van der Waals surface area (Å²) < 4.78 is 0. The van der Waals surface area contributed by atoms with Crippen molar-refractivity contribution >= 4 is 17.3 Å². The van der Waals surface area contributed by atoms with Crippen molar-refractivity contribution in [2.45, 2.75) is 13.5 Å². The number of carbonyl (C=O) groups excluding carboxylic acids is 1. The van der Waals surface area contributed by atoms with E-state index in [0.717, 1.165) is 17.9 Å². The van der Waals surface area contributed by atoms with E-state index in [-0.39, 0.29) is 5.91 Å². The molecule has 1 aliphatic rings. The van der Waals surface area contributed by atoms with Crippen LogP contribution in [0.5, 0.6) is 0 Å². The summed E-state index contributed by atoms with van der Waals surface area (Å²) >= 11 is 0. The number of aryl methyl sites for hydroxylation is 1. The number of anilines is 2. The highest BCUT2D eigenvalue weighted by Crippen LogP contribution is 2.29. The molecule has 1 aliphatic heterocycles. The van der Waals surface area contributed by atoms with E-state index in [1.54, 1.807) is 0 Å². The molecule has 0 bridgehead atoms. The van der Waals surface area contributed by atoms with Gasteiger partial charge in [-0.1, -0.05) is 42.0 Å². The van der Waals surface area contributed by atoms with Crippen LogP contribution >= 0.6 is 0 Å². The normalized spacial score (nSPS) is 13.9. The van der Waals surface area contributed by atoms with Crippen molar-refractivity contribution in [3.8, 4) is 0 Å². The number of amides is 1. The lowest BCUT2D eigenvalue weighted by atomic mass is 10.1. The molecule has 0 saturated carbocycles. The van der Waals surface area contributed by atoms with E-state index in [1.807, 2.05) is 24.3 Å². The minimum absolute atomic E-state index is 0.0470. The second-order valence-corrected chi connectivity index (χ2v) is 4.91. The molecule has 3 rings (SSSR count). The maximum absolute atomic E-state index is 11.7. The van der Waals surface area contributed by atoms with Gasteiger partial charge < -0.3 is 10.2 Å². The molecule has 3 heteroatoms. The van der Waals surface area contributed by atoms with E-state index in [0.29, 0.717) is 6.54 Å². The Morgan fingerprint density at radius 3 is 2.63 bits per heavy atom. The fourth-order valence-corrected chi connectivity index (χ4v) is 2.36. The summed E-state index contributed by atoms with van der Waals surface area (Å²) in [6.07, 6.45) is 0. The predicted molar refractivity (Wildman–Crippen MR) is 77.3 cm³/mol. The average molecular weight is 252 g/mol. The third kappa shape index (κ3) is 2.45. The third-order valence-electron chi connectivity index (χ3n) is 3.35. The van der Waals surface area contributed by atoms with Crippen molar-refractivity contribution in [1.29, 1.82) is 0 Å². The van der Waals surface area contributed by atoms with Crippen LogP contribution in [0, 0.1) is 6.92 Å². The Labute approximate surface area is 112 Å². The van der Waals surface area contributed by atoms with Crippen LogP contribution < -0.4 is 10.2 Å². The molecule has 3 nitrogen and oxygen atoms in total. The quantitative estimate of drug-likeness (QED) is 0.891. The smallest absolute Gasteiger partial charge is 0.243 e. The summed E-state index contributed by atoms with van der Waals surface area (Å²) in [6.45, 7) is 3.24. The van der Waals surface area contributed by atoms with Gasteiger partial charge in [0.1, 0.15) is 0 Å². The van der Waals surface area contributed by atoms with Crippen LogP contribution in [0.25, 0.3) is 0 Å². The van der Waals surface area contributed by atoms with Gasteiger partial charge in [0.2, 0.25) is 5.91 Å². The van der Waals surface area contributed by atoms with Gasteiger partial charge in [0.15, 0.2) is 0 Å². The zero-order chi connectivity index (χ0) is 13.2. The van der Waals surface area contributed by atoms with Gasteiger partial charge in [-0.05, 0) is 24.6 Å². The van der Waals surface area contributed by atoms with Crippen LogP contribution in [-0.4, -0.2) is 12.5 Å². The van der Waals surface area contributed by atoms with E-state index in [9.17, 15) is 4.79 Å². The van der Waals surface area contributed by atoms with Crippen molar-refractivity contribution in [3.63, 3.8) is 0 Å². The van der Waals surface area contributed by atoms with Gasteiger partial charge in [0.25, 0.3) is 0 Å². The molecular formula is C16H16N2O. The molecule has 0 unspecified atom stereocenters.